The van der Waals surface area contributed by atoms with Gasteiger partial charge >= 0.3 is 0 Å². The quantitative estimate of drug-likeness (QED) is 0.667. The molecule has 0 amide bonds. The summed E-state index contributed by atoms with van der Waals surface area (Å²) in [4.78, 5) is 6.83. The Bertz CT molecular complexity index is 546. The summed E-state index contributed by atoms with van der Waals surface area (Å²) in [5, 5.41) is 1.34. The Labute approximate surface area is 95.9 Å². The molecule has 0 spiro atoms. The van der Waals surface area contributed by atoms with Gasteiger partial charge < -0.3 is 4.90 Å². The van der Waals surface area contributed by atoms with Crippen molar-refractivity contribution >= 4 is 16.6 Å². The van der Waals surface area contributed by atoms with Gasteiger partial charge in [0.25, 0.3) is 0 Å². The third-order valence-corrected chi connectivity index (χ3v) is 3.49. The van der Waals surface area contributed by atoms with Crippen LogP contribution in [0, 0.1) is 6.92 Å². The lowest BCUT2D eigenvalue weighted by Gasteiger charge is -2.29. The highest BCUT2D eigenvalue weighted by molar-refractivity contribution is 5.96. The van der Waals surface area contributed by atoms with Crippen LogP contribution >= 0.6 is 0 Å². The van der Waals surface area contributed by atoms with Crippen LogP contribution in [0.3, 0.4) is 0 Å². The Morgan fingerprint density at radius 2 is 2.12 bits per heavy atom. The first-order chi connectivity index (χ1) is 7.77. The Morgan fingerprint density at radius 1 is 1.25 bits per heavy atom. The fraction of sp³-hybridized carbons (Fsp3) is 0.357. The number of nitrogens with zero attached hydrogens (tertiary/aromatic N) is 2. The standard InChI is InChI=1S/C14H16N2/c1-10-7-8-15-12-6-5-11-4-3-9-16(2)14(11)13(10)12/h5-8H,3-4,9H2,1-2H3. The van der Waals surface area contributed by atoms with Crippen LogP contribution in [0.1, 0.15) is 17.5 Å². The van der Waals surface area contributed by atoms with Gasteiger partial charge in [0.2, 0.25) is 0 Å². The molecule has 82 valence electrons. The van der Waals surface area contributed by atoms with E-state index in [1.165, 1.54) is 35.0 Å². The SMILES string of the molecule is Cc1ccnc2ccc3c(c12)N(C)CCC3. The van der Waals surface area contributed by atoms with Gasteiger partial charge in [-0.3, -0.25) is 4.98 Å². The fourth-order valence-electron chi connectivity index (χ4n) is 2.69. The Morgan fingerprint density at radius 3 is 3.00 bits per heavy atom. The van der Waals surface area contributed by atoms with Crippen molar-refractivity contribution in [2.45, 2.75) is 19.8 Å². The number of pyridine rings is 1. The number of rotatable bonds is 0. The summed E-state index contributed by atoms with van der Waals surface area (Å²) in [6.07, 6.45) is 4.35. The number of hydrogen-bond donors (Lipinski definition) is 0. The highest BCUT2D eigenvalue weighted by atomic mass is 15.1. The van der Waals surface area contributed by atoms with Gasteiger partial charge in [0.15, 0.2) is 0 Å². The van der Waals surface area contributed by atoms with E-state index in [9.17, 15) is 0 Å². The van der Waals surface area contributed by atoms with Gasteiger partial charge in [-0.1, -0.05) is 6.07 Å². The number of aryl methyl sites for hydroxylation is 2. The van der Waals surface area contributed by atoms with E-state index in [1.54, 1.807) is 0 Å². The molecule has 0 radical (unpaired) electrons. The number of benzene rings is 1. The van der Waals surface area contributed by atoms with Crippen molar-refractivity contribution in [3.8, 4) is 0 Å². The third-order valence-electron chi connectivity index (χ3n) is 3.49. The average molecular weight is 212 g/mol. The maximum atomic E-state index is 4.46. The van der Waals surface area contributed by atoms with E-state index >= 15 is 0 Å². The van der Waals surface area contributed by atoms with E-state index in [0.717, 1.165) is 12.1 Å². The maximum absolute atomic E-state index is 4.46. The van der Waals surface area contributed by atoms with Gasteiger partial charge in [0, 0.05) is 30.9 Å². The highest BCUT2D eigenvalue weighted by Gasteiger charge is 2.17. The minimum Gasteiger partial charge on any atom is -0.374 e. The molecular formula is C14H16N2. The summed E-state index contributed by atoms with van der Waals surface area (Å²) in [6.45, 7) is 3.33. The predicted molar refractivity (Wildman–Crippen MR) is 68.1 cm³/mol. The normalized spacial score (nSPS) is 15.2. The number of fused-ring (bicyclic) bond motifs is 3. The Kier molecular flexibility index (Phi) is 2.10. The van der Waals surface area contributed by atoms with Gasteiger partial charge in [-0.15, -0.1) is 0 Å². The first-order valence-electron chi connectivity index (χ1n) is 5.86. The molecule has 1 aromatic heterocycles. The Balaban J connectivity index is 2.41. The first kappa shape index (κ1) is 9.64. The largest absolute Gasteiger partial charge is 0.374 e. The zero-order chi connectivity index (χ0) is 11.1. The molecule has 1 aliphatic rings. The minimum absolute atomic E-state index is 1.12. The van der Waals surface area contributed by atoms with E-state index in [-0.39, 0.29) is 0 Å². The minimum atomic E-state index is 1.12. The van der Waals surface area contributed by atoms with E-state index < -0.39 is 0 Å². The van der Waals surface area contributed by atoms with Crippen molar-refractivity contribution in [3.05, 3.63) is 35.5 Å². The number of hydrogen-bond acceptors (Lipinski definition) is 2. The van der Waals surface area contributed by atoms with Crippen molar-refractivity contribution in [3.63, 3.8) is 0 Å². The smallest absolute Gasteiger partial charge is 0.0725 e. The molecule has 0 bridgehead atoms. The van der Waals surface area contributed by atoms with E-state index in [2.05, 4.69) is 42.1 Å². The van der Waals surface area contributed by atoms with Crippen LogP contribution in [0.25, 0.3) is 10.9 Å². The van der Waals surface area contributed by atoms with Crippen LogP contribution in [0.2, 0.25) is 0 Å². The maximum Gasteiger partial charge on any atom is 0.0725 e. The summed E-state index contributed by atoms with van der Waals surface area (Å²) in [5.41, 5.74) is 5.31. The molecule has 0 fully saturated rings. The van der Waals surface area contributed by atoms with Crippen molar-refractivity contribution in [2.24, 2.45) is 0 Å². The summed E-state index contributed by atoms with van der Waals surface area (Å²) in [6, 6.07) is 6.49. The van der Waals surface area contributed by atoms with Crippen molar-refractivity contribution in [2.75, 3.05) is 18.5 Å². The first-order valence-corrected chi connectivity index (χ1v) is 5.86. The molecule has 0 saturated carbocycles. The molecule has 2 heterocycles. The number of anilines is 1. The van der Waals surface area contributed by atoms with E-state index in [4.69, 9.17) is 0 Å². The molecule has 3 rings (SSSR count). The second-order valence-corrected chi connectivity index (χ2v) is 4.62. The summed E-state index contributed by atoms with van der Waals surface area (Å²) in [5.74, 6) is 0. The molecule has 2 heteroatoms. The average Bonchev–Trinajstić information content (AvgIpc) is 2.29. The summed E-state index contributed by atoms with van der Waals surface area (Å²) >= 11 is 0. The monoisotopic (exact) mass is 212 g/mol. The van der Waals surface area contributed by atoms with Crippen LogP contribution in [0.5, 0.6) is 0 Å². The molecule has 2 aromatic rings. The molecule has 16 heavy (non-hydrogen) atoms. The lowest BCUT2D eigenvalue weighted by atomic mass is 9.96. The summed E-state index contributed by atoms with van der Waals surface area (Å²) < 4.78 is 0. The second-order valence-electron chi connectivity index (χ2n) is 4.62. The van der Waals surface area contributed by atoms with E-state index in [0.29, 0.717) is 0 Å². The van der Waals surface area contributed by atoms with Crippen LogP contribution in [0.15, 0.2) is 24.4 Å². The lowest BCUT2D eigenvalue weighted by Crippen LogP contribution is -2.25. The van der Waals surface area contributed by atoms with Gasteiger partial charge in [-0.25, -0.2) is 0 Å². The molecule has 0 unspecified atom stereocenters. The molecule has 1 aromatic carbocycles. The molecule has 0 atom stereocenters. The van der Waals surface area contributed by atoms with Gasteiger partial charge in [0.05, 0.1) is 5.52 Å². The molecule has 0 N–H and O–H groups in total. The zero-order valence-electron chi connectivity index (χ0n) is 9.83. The third kappa shape index (κ3) is 1.29. The lowest BCUT2D eigenvalue weighted by molar-refractivity contribution is 0.747. The van der Waals surface area contributed by atoms with Gasteiger partial charge in [-0.05, 0) is 43.0 Å². The van der Waals surface area contributed by atoms with E-state index in [1.807, 2.05) is 6.20 Å². The van der Waals surface area contributed by atoms with Crippen LogP contribution in [-0.4, -0.2) is 18.6 Å². The molecule has 0 saturated heterocycles. The fourth-order valence-corrected chi connectivity index (χ4v) is 2.69. The van der Waals surface area contributed by atoms with Crippen molar-refractivity contribution in [1.82, 2.24) is 4.98 Å². The second kappa shape index (κ2) is 3.48. The van der Waals surface area contributed by atoms with Gasteiger partial charge in [-0.2, -0.15) is 0 Å². The molecule has 1 aliphatic heterocycles. The number of aromatic nitrogens is 1. The topological polar surface area (TPSA) is 16.1 Å². The molecule has 0 aliphatic carbocycles. The highest BCUT2D eigenvalue weighted by Crippen LogP contribution is 2.34. The molecular weight excluding hydrogens is 196 g/mol. The molecule has 2 nitrogen and oxygen atoms in total. The predicted octanol–water partition coefficient (Wildman–Crippen LogP) is 2.93. The summed E-state index contributed by atoms with van der Waals surface area (Å²) in [7, 11) is 2.18. The van der Waals surface area contributed by atoms with Crippen LogP contribution < -0.4 is 4.90 Å². The van der Waals surface area contributed by atoms with Crippen molar-refractivity contribution in [1.29, 1.82) is 0 Å². The van der Waals surface area contributed by atoms with Gasteiger partial charge in [0.1, 0.15) is 0 Å². The van der Waals surface area contributed by atoms with Crippen LogP contribution in [-0.2, 0) is 6.42 Å². The Hall–Kier alpha value is -1.57. The van der Waals surface area contributed by atoms with Crippen LogP contribution in [0.4, 0.5) is 5.69 Å². The zero-order valence-corrected chi connectivity index (χ0v) is 9.83. The van der Waals surface area contributed by atoms with Crippen molar-refractivity contribution < 1.29 is 0 Å².